The van der Waals surface area contributed by atoms with Gasteiger partial charge >= 0.3 is 0 Å². The molecule has 0 radical (unpaired) electrons. The van der Waals surface area contributed by atoms with E-state index in [0.717, 1.165) is 0 Å². The highest BCUT2D eigenvalue weighted by atomic mass is 14.6. The van der Waals surface area contributed by atoms with E-state index in [1.54, 1.807) is 0 Å². The Balaban J connectivity index is 2.41. The molecule has 1 aromatic carbocycles. The Bertz CT molecular complexity index is 317. The summed E-state index contributed by atoms with van der Waals surface area (Å²) in [5, 5.41) is 0. The van der Waals surface area contributed by atoms with Crippen molar-refractivity contribution in [3.05, 3.63) is 35.4 Å². The SMILES string of the molecule is CC1CCC(C(C)N)c2ccccc21. The zero-order valence-electron chi connectivity index (χ0n) is 9.03. The zero-order chi connectivity index (χ0) is 10.1. The second kappa shape index (κ2) is 3.74. The largest absolute Gasteiger partial charge is 0.327 e. The number of nitrogens with two attached hydrogens (primary N) is 1. The molecule has 1 heteroatoms. The normalized spacial score (nSPS) is 28.2. The summed E-state index contributed by atoms with van der Waals surface area (Å²) in [6.07, 6.45) is 2.53. The Hall–Kier alpha value is -0.820. The molecule has 2 N–H and O–H groups in total. The van der Waals surface area contributed by atoms with Crippen LogP contribution in [-0.2, 0) is 0 Å². The summed E-state index contributed by atoms with van der Waals surface area (Å²) in [4.78, 5) is 0. The molecule has 76 valence electrons. The summed E-state index contributed by atoms with van der Waals surface area (Å²) in [6, 6.07) is 9.06. The fourth-order valence-electron chi connectivity index (χ4n) is 2.58. The molecule has 0 saturated heterocycles. The van der Waals surface area contributed by atoms with Crippen LogP contribution in [0, 0.1) is 0 Å². The second-order valence-corrected chi connectivity index (χ2v) is 4.57. The van der Waals surface area contributed by atoms with Crippen LogP contribution in [0.25, 0.3) is 0 Å². The number of fused-ring (bicyclic) bond motifs is 1. The minimum Gasteiger partial charge on any atom is -0.327 e. The van der Waals surface area contributed by atoms with Gasteiger partial charge < -0.3 is 5.73 Å². The molecule has 3 unspecified atom stereocenters. The van der Waals surface area contributed by atoms with E-state index in [4.69, 9.17) is 5.73 Å². The first-order chi connectivity index (χ1) is 6.70. The summed E-state index contributed by atoms with van der Waals surface area (Å²) in [7, 11) is 0. The molecule has 0 amide bonds. The molecule has 0 spiro atoms. The van der Waals surface area contributed by atoms with Crippen LogP contribution in [0.1, 0.15) is 49.7 Å². The van der Waals surface area contributed by atoms with Gasteiger partial charge in [-0.1, -0.05) is 31.2 Å². The lowest BCUT2D eigenvalue weighted by Crippen LogP contribution is -2.28. The van der Waals surface area contributed by atoms with Gasteiger partial charge in [-0.2, -0.15) is 0 Å². The van der Waals surface area contributed by atoms with Crippen molar-refractivity contribution >= 4 is 0 Å². The predicted molar refractivity (Wildman–Crippen MR) is 60.5 cm³/mol. The molecule has 2 rings (SSSR count). The third kappa shape index (κ3) is 1.57. The van der Waals surface area contributed by atoms with Crippen LogP contribution in [0.3, 0.4) is 0 Å². The van der Waals surface area contributed by atoms with Crippen molar-refractivity contribution in [3.8, 4) is 0 Å². The standard InChI is InChI=1S/C13H19N/c1-9-7-8-12(10(2)14)13-6-4-3-5-11(9)13/h3-6,9-10,12H,7-8,14H2,1-2H3. The van der Waals surface area contributed by atoms with Crippen molar-refractivity contribution in [3.63, 3.8) is 0 Å². The zero-order valence-corrected chi connectivity index (χ0v) is 9.03. The molecule has 1 aliphatic carbocycles. The highest BCUT2D eigenvalue weighted by Crippen LogP contribution is 2.39. The van der Waals surface area contributed by atoms with Crippen LogP contribution in [0.4, 0.5) is 0 Å². The lowest BCUT2D eigenvalue weighted by atomic mass is 9.75. The number of benzene rings is 1. The number of hydrogen-bond donors (Lipinski definition) is 1. The van der Waals surface area contributed by atoms with Gasteiger partial charge in [0.1, 0.15) is 0 Å². The van der Waals surface area contributed by atoms with Gasteiger partial charge in [-0.15, -0.1) is 0 Å². The molecule has 0 bridgehead atoms. The van der Waals surface area contributed by atoms with Crippen molar-refractivity contribution in [1.29, 1.82) is 0 Å². The third-order valence-electron chi connectivity index (χ3n) is 3.47. The summed E-state index contributed by atoms with van der Waals surface area (Å²) in [5.41, 5.74) is 9.03. The second-order valence-electron chi connectivity index (χ2n) is 4.57. The number of hydrogen-bond acceptors (Lipinski definition) is 1. The highest BCUT2D eigenvalue weighted by Gasteiger charge is 2.26. The number of rotatable bonds is 1. The van der Waals surface area contributed by atoms with E-state index in [1.807, 2.05) is 0 Å². The van der Waals surface area contributed by atoms with Gasteiger partial charge in [0.15, 0.2) is 0 Å². The van der Waals surface area contributed by atoms with Crippen LogP contribution in [0.15, 0.2) is 24.3 Å². The van der Waals surface area contributed by atoms with E-state index in [9.17, 15) is 0 Å². The van der Waals surface area contributed by atoms with Crippen LogP contribution in [0.2, 0.25) is 0 Å². The molecule has 1 nitrogen and oxygen atoms in total. The van der Waals surface area contributed by atoms with Gasteiger partial charge in [0, 0.05) is 6.04 Å². The van der Waals surface area contributed by atoms with Crippen LogP contribution in [-0.4, -0.2) is 6.04 Å². The Morgan fingerprint density at radius 3 is 2.50 bits per heavy atom. The molecule has 14 heavy (non-hydrogen) atoms. The maximum Gasteiger partial charge on any atom is 0.00794 e. The van der Waals surface area contributed by atoms with Crippen LogP contribution < -0.4 is 5.73 Å². The van der Waals surface area contributed by atoms with Crippen molar-refractivity contribution in [2.24, 2.45) is 5.73 Å². The van der Waals surface area contributed by atoms with E-state index in [0.29, 0.717) is 11.8 Å². The average molecular weight is 189 g/mol. The van der Waals surface area contributed by atoms with Gasteiger partial charge in [-0.25, -0.2) is 0 Å². The van der Waals surface area contributed by atoms with Crippen LogP contribution in [0.5, 0.6) is 0 Å². The molecule has 0 aliphatic heterocycles. The van der Waals surface area contributed by atoms with Gasteiger partial charge in [0.2, 0.25) is 0 Å². The summed E-state index contributed by atoms with van der Waals surface area (Å²) in [6.45, 7) is 4.44. The van der Waals surface area contributed by atoms with E-state index in [-0.39, 0.29) is 6.04 Å². The predicted octanol–water partition coefficient (Wildman–Crippen LogP) is 3.01. The molecule has 0 heterocycles. The molecule has 3 atom stereocenters. The monoisotopic (exact) mass is 189 g/mol. The lowest BCUT2D eigenvalue weighted by molar-refractivity contribution is 0.452. The first-order valence-corrected chi connectivity index (χ1v) is 5.54. The van der Waals surface area contributed by atoms with Crippen molar-refractivity contribution in [1.82, 2.24) is 0 Å². The first kappa shape index (κ1) is 9.72. The molecular weight excluding hydrogens is 170 g/mol. The minimum atomic E-state index is 0.281. The van der Waals surface area contributed by atoms with Gasteiger partial charge in [0.25, 0.3) is 0 Å². The molecular formula is C13H19N. The smallest absolute Gasteiger partial charge is 0.00794 e. The maximum atomic E-state index is 6.03. The Morgan fingerprint density at radius 2 is 1.86 bits per heavy atom. The van der Waals surface area contributed by atoms with Crippen molar-refractivity contribution < 1.29 is 0 Å². The van der Waals surface area contributed by atoms with E-state index >= 15 is 0 Å². The minimum absolute atomic E-state index is 0.281. The summed E-state index contributed by atoms with van der Waals surface area (Å²) < 4.78 is 0. The van der Waals surface area contributed by atoms with Crippen LogP contribution >= 0.6 is 0 Å². The Kier molecular flexibility index (Phi) is 2.60. The maximum absolute atomic E-state index is 6.03. The molecule has 1 aliphatic rings. The summed E-state index contributed by atoms with van der Waals surface area (Å²) in [5.74, 6) is 1.28. The molecule has 1 aromatic rings. The van der Waals surface area contributed by atoms with E-state index in [1.165, 1.54) is 24.0 Å². The van der Waals surface area contributed by atoms with E-state index in [2.05, 4.69) is 38.1 Å². The fourth-order valence-corrected chi connectivity index (χ4v) is 2.58. The topological polar surface area (TPSA) is 26.0 Å². The highest BCUT2D eigenvalue weighted by molar-refractivity contribution is 5.36. The Labute approximate surface area is 86.3 Å². The molecule has 0 aromatic heterocycles. The fraction of sp³-hybridized carbons (Fsp3) is 0.538. The molecule has 0 fully saturated rings. The van der Waals surface area contributed by atoms with Crippen molar-refractivity contribution in [2.75, 3.05) is 0 Å². The van der Waals surface area contributed by atoms with Gasteiger partial charge in [-0.05, 0) is 42.7 Å². The van der Waals surface area contributed by atoms with Crippen molar-refractivity contribution in [2.45, 2.75) is 44.6 Å². The molecule has 0 saturated carbocycles. The first-order valence-electron chi connectivity index (χ1n) is 5.54. The van der Waals surface area contributed by atoms with Gasteiger partial charge in [-0.3, -0.25) is 0 Å². The van der Waals surface area contributed by atoms with Gasteiger partial charge in [0.05, 0.1) is 0 Å². The van der Waals surface area contributed by atoms with E-state index < -0.39 is 0 Å². The average Bonchev–Trinajstić information content (AvgIpc) is 2.18. The lowest BCUT2D eigenvalue weighted by Gasteiger charge is -2.31. The summed E-state index contributed by atoms with van der Waals surface area (Å²) >= 11 is 0. The quantitative estimate of drug-likeness (QED) is 0.722. The Morgan fingerprint density at radius 1 is 1.21 bits per heavy atom. The third-order valence-corrected chi connectivity index (χ3v) is 3.47.